The fourth-order valence-corrected chi connectivity index (χ4v) is 2.37. The summed E-state index contributed by atoms with van der Waals surface area (Å²) in [6, 6.07) is 12.7. The van der Waals surface area contributed by atoms with Gasteiger partial charge in [0.05, 0.1) is 17.2 Å². The lowest BCUT2D eigenvalue weighted by Crippen LogP contribution is -2.36. The summed E-state index contributed by atoms with van der Waals surface area (Å²) in [5, 5.41) is 31.4. The molecule has 3 N–H and O–H groups in total. The Morgan fingerprint density at radius 3 is 2.46 bits per heavy atom. The second-order valence-corrected chi connectivity index (χ2v) is 5.87. The highest BCUT2D eigenvalue weighted by Gasteiger charge is 2.32. The zero-order chi connectivity index (χ0) is 20.7. The van der Waals surface area contributed by atoms with E-state index in [0.717, 1.165) is 11.6 Å². The first-order valence-electron chi connectivity index (χ1n) is 8.14. The molecule has 0 saturated heterocycles. The number of nitrogens with zero attached hydrogens (tertiary/aromatic N) is 1. The number of benzene rings is 2. The largest absolute Gasteiger partial charge is 0.445 e. The summed E-state index contributed by atoms with van der Waals surface area (Å²) in [5.74, 6) is 0. The van der Waals surface area contributed by atoms with E-state index in [1.54, 1.807) is 36.4 Å². The van der Waals surface area contributed by atoms with Crippen molar-refractivity contribution >= 4 is 6.09 Å². The third-order valence-corrected chi connectivity index (χ3v) is 3.85. The lowest BCUT2D eigenvalue weighted by Gasteiger charge is -2.20. The van der Waals surface area contributed by atoms with Crippen molar-refractivity contribution in [2.45, 2.75) is 25.0 Å². The van der Waals surface area contributed by atoms with Gasteiger partial charge in [-0.3, -0.25) is 0 Å². The summed E-state index contributed by atoms with van der Waals surface area (Å²) in [7, 11) is 0. The van der Waals surface area contributed by atoms with Crippen molar-refractivity contribution in [1.82, 2.24) is 5.32 Å². The maximum absolute atomic E-state index is 12.8. The summed E-state index contributed by atoms with van der Waals surface area (Å²) in [4.78, 5) is 11.7. The number of nitrogens with one attached hydrogen (secondary N) is 1. The fraction of sp³-hybridized carbons (Fsp3) is 0.263. The van der Waals surface area contributed by atoms with Crippen LogP contribution in [0.2, 0.25) is 0 Å². The molecule has 0 saturated carbocycles. The number of carbonyl (C=O) groups excluding carboxylic acids is 1. The molecule has 2 atom stereocenters. The molecule has 0 spiro atoms. The standard InChI is InChI=1S/C19H17F3N2O4/c20-19(21,22)14-7-6-13(9-23)15(8-14)17(26)16(25)10-24-18(27)28-11-12-4-2-1-3-5-12/h1-8,16-17,25-26H,10-11H2,(H,24,27). The van der Waals surface area contributed by atoms with Crippen molar-refractivity contribution in [3.8, 4) is 6.07 Å². The zero-order valence-corrected chi connectivity index (χ0v) is 14.5. The van der Waals surface area contributed by atoms with E-state index in [2.05, 4.69) is 5.32 Å². The Kier molecular flexibility index (Phi) is 6.98. The van der Waals surface area contributed by atoms with E-state index in [-0.39, 0.29) is 17.7 Å². The first-order valence-corrected chi connectivity index (χ1v) is 8.14. The predicted molar refractivity (Wildman–Crippen MR) is 91.8 cm³/mol. The normalized spacial score (nSPS) is 13.3. The maximum atomic E-state index is 12.8. The van der Waals surface area contributed by atoms with Crippen LogP contribution < -0.4 is 5.32 Å². The molecular weight excluding hydrogens is 377 g/mol. The minimum absolute atomic E-state index is 0.0163. The maximum Gasteiger partial charge on any atom is 0.416 e. The monoisotopic (exact) mass is 394 g/mol. The van der Waals surface area contributed by atoms with Crippen LogP contribution in [0.4, 0.5) is 18.0 Å². The van der Waals surface area contributed by atoms with Gasteiger partial charge in [0.15, 0.2) is 0 Å². The van der Waals surface area contributed by atoms with E-state index in [0.29, 0.717) is 12.1 Å². The number of carbonyl (C=O) groups is 1. The van der Waals surface area contributed by atoms with Crippen LogP contribution in [0.3, 0.4) is 0 Å². The third kappa shape index (κ3) is 5.70. The number of halogens is 3. The minimum Gasteiger partial charge on any atom is -0.445 e. The van der Waals surface area contributed by atoms with Crippen LogP contribution in [0.15, 0.2) is 48.5 Å². The van der Waals surface area contributed by atoms with Gasteiger partial charge >= 0.3 is 12.3 Å². The molecule has 0 radical (unpaired) electrons. The number of ether oxygens (including phenoxy) is 1. The van der Waals surface area contributed by atoms with Crippen molar-refractivity contribution in [3.05, 3.63) is 70.8 Å². The fourth-order valence-electron chi connectivity index (χ4n) is 2.37. The molecule has 2 rings (SSSR count). The highest BCUT2D eigenvalue weighted by atomic mass is 19.4. The average Bonchev–Trinajstić information content (AvgIpc) is 2.69. The SMILES string of the molecule is N#Cc1ccc(C(F)(F)F)cc1C(O)C(O)CNC(=O)OCc1ccccc1. The van der Waals surface area contributed by atoms with Gasteiger partial charge in [-0.1, -0.05) is 30.3 Å². The van der Waals surface area contributed by atoms with Crippen molar-refractivity contribution in [1.29, 1.82) is 5.26 Å². The molecule has 0 fully saturated rings. The molecule has 148 valence electrons. The van der Waals surface area contributed by atoms with Crippen LogP contribution in [-0.2, 0) is 17.5 Å². The smallest absolute Gasteiger partial charge is 0.416 e. The van der Waals surface area contributed by atoms with Gasteiger partial charge in [0.1, 0.15) is 18.8 Å². The van der Waals surface area contributed by atoms with Crippen molar-refractivity contribution in [2.24, 2.45) is 0 Å². The number of alkyl carbamates (subject to hydrolysis) is 1. The summed E-state index contributed by atoms with van der Waals surface area (Å²) in [5.41, 5.74) is -0.931. The molecule has 0 bridgehead atoms. The number of rotatable bonds is 6. The van der Waals surface area contributed by atoms with Crippen LogP contribution >= 0.6 is 0 Å². The number of hydrogen-bond donors (Lipinski definition) is 3. The van der Waals surface area contributed by atoms with Gasteiger partial charge in [0.25, 0.3) is 0 Å². The number of amides is 1. The van der Waals surface area contributed by atoms with Crippen LogP contribution in [-0.4, -0.2) is 29.0 Å². The Morgan fingerprint density at radius 1 is 1.18 bits per heavy atom. The number of hydrogen-bond acceptors (Lipinski definition) is 5. The molecule has 2 unspecified atom stereocenters. The molecule has 2 aromatic carbocycles. The summed E-state index contributed by atoms with van der Waals surface area (Å²) in [6.07, 6.45) is -9.02. The van der Waals surface area contributed by atoms with E-state index < -0.39 is 36.6 Å². The molecule has 0 aliphatic carbocycles. The Morgan fingerprint density at radius 2 is 1.86 bits per heavy atom. The van der Waals surface area contributed by atoms with E-state index in [1.165, 1.54) is 0 Å². The molecule has 0 aliphatic rings. The second-order valence-electron chi connectivity index (χ2n) is 5.87. The number of aliphatic hydroxyl groups is 2. The van der Waals surface area contributed by atoms with Crippen LogP contribution in [0.1, 0.15) is 28.4 Å². The topological polar surface area (TPSA) is 103 Å². The lowest BCUT2D eigenvalue weighted by molar-refractivity contribution is -0.137. The summed E-state index contributed by atoms with van der Waals surface area (Å²) < 4.78 is 43.5. The van der Waals surface area contributed by atoms with Gasteiger partial charge in [-0.05, 0) is 23.8 Å². The molecular formula is C19H17F3N2O4. The molecule has 1 amide bonds. The van der Waals surface area contributed by atoms with Crippen LogP contribution in [0.25, 0.3) is 0 Å². The van der Waals surface area contributed by atoms with Crippen LogP contribution in [0, 0.1) is 11.3 Å². The molecule has 0 aromatic heterocycles. The molecule has 6 nitrogen and oxygen atoms in total. The van der Waals surface area contributed by atoms with Crippen molar-refractivity contribution in [2.75, 3.05) is 6.54 Å². The van der Waals surface area contributed by atoms with E-state index >= 15 is 0 Å². The molecule has 0 aliphatic heterocycles. The zero-order valence-electron chi connectivity index (χ0n) is 14.5. The van der Waals surface area contributed by atoms with Gasteiger partial charge in [0.2, 0.25) is 0 Å². The quantitative estimate of drug-likeness (QED) is 0.699. The van der Waals surface area contributed by atoms with Gasteiger partial charge < -0.3 is 20.3 Å². The second kappa shape index (κ2) is 9.21. The highest BCUT2D eigenvalue weighted by Crippen LogP contribution is 2.32. The summed E-state index contributed by atoms with van der Waals surface area (Å²) in [6.45, 7) is -0.507. The molecule has 0 heterocycles. The average molecular weight is 394 g/mol. The Hall–Kier alpha value is -3.09. The molecule has 28 heavy (non-hydrogen) atoms. The first-order chi connectivity index (χ1) is 13.2. The number of aliphatic hydroxyl groups excluding tert-OH is 2. The van der Waals surface area contributed by atoms with Gasteiger partial charge in [-0.15, -0.1) is 0 Å². The molecule has 9 heteroatoms. The Bertz CT molecular complexity index is 850. The summed E-state index contributed by atoms with van der Waals surface area (Å²) >= 11 is 0. The third-order valence-electron chi connectivity index (χ3n) is 3.85. The van der Waals surface area contributed by atoms with Gasteiger partial charge in [-0.2, -0.15) is 18.4 Å². The lowest BCUT2D eigenvalue weighted by atomic mass is 9.96. The first kappa shape index (κ1) is 21.2. The van der Waals surface area contributed by atoms with Crippen molar-refractivity contribution < 1.29 is 32.9 Å². The number of alkyl halides is 3. The van der Waals surface area contributed by atoms with E-state index in [1.807, 2.05) is 0 Å². The van der Waals surface area contributed by atoms with Crippen molar-refractivity contribution in [3.63, 3.8) is 0 Å². The predicted octanol–water partition coefficient (Wildman–Crippen LogP) is 2.90. The Labute approximate surface area is 158 Å². The molecule has 2 aromatic rings. The van der Waals surface area contributed by atoms with Gasteiger partial charge in [0, 0.05) is 12.1 Å². The van der Waals surface area contributed by atoms with E-state index in [9.17, 15) is 28.2 Å². The minimum atomic E-state index is -4.67. The van der Waals surface area contributed by atoms with E-state index in [4.69, 9.17) is 10.00 Å². The highest BCUT2D eigenvalue weighted by molar-refractivity contribution is 5.67. The number of nitriles is 1. The van der Waals surface area contributed by atoms with Gasteiger partial charge in [-0.25, -0.2) is 4.79 Å². The Balaban J connectivity index is 1.97. The van der Waals surface area contributed by atoms with Crippen LogP contribution in [0.5, 0.6) is 0 Å².